The van der Waals surface area contributed by atoms with Gasteiger partial charge in [-0.2, -0.15) is 0 Å². The van der Waals surface area contributed by atoms with Crippen molar-refractivity contribution in [2.45, 2.75) is 51.1 Å². The van der Waals surface area contributed by atoms with Crippen LogP contribution in [0.25, 0.3) is 5.32 Å². The quantitative estimate of drug-likeness (QED) is 0.623. The van der Waals surface area contributed by atoms with E-state index in [2.05, 4.69) is 17.6 Å². The normalized spacial score (nSPS) is 32.4. The molecular formula is C11H21KN2. The molecule has 0 amide bonds. The van der Waals surface area contributed by atoms with Crippen molar-refractivity contribution >= 4 is 0 Å². The van der Waals surface area contributed by atoms with Crippen LogP contribution in [0.1, 0.15) is 39.0 Å². The van der Waals surface area contributed by atoms with Crippen LogP contribution in [0.4, 0.5) is 0 Å². The Morgan fingerprint density at radius 3 is 2.57 bits per heavy atom. The summed E-state index contributed by atoms with van der Waals surface area (Å²) in [5, 5.41) is 8.24. The van der Waals surface area contributed by atoms with E-state index in [0.29, 0.717) is 0 Å². The van der Waals surface area contributed by atoms with Crippen LogP contribution < -0.4 is 56.7 Å². The molecule has 0 radical (unpaired) electrons. The van der Waals surface area contributed by atoms with Crippen LogP contribution in [0, 0.1) is 5.92 Å². The van der Waals surface area contributed by atoms with Crippen molar-refractivity contribution in [1.29, 1.82) is 0 Å². The van der Waals surface area contributed by atoms with Gasteiger partial charge in [0.05, 0.1) is 0 Å². The van der Waals surface area contributed by atoms with Gasteiger partial charge in [0, 0.05) is 6.04 Å². The zero-order valence-corrected chi connectivity index (χ0v) is 12.8. The molecule has 1 aliphatic heterocycles. The van der Waals surface area contributed by atoms with Crippen LogP contribution in [0.5, 0.6) is 0 Å². The molecule has 0 bridgehead atoms. The third-order valence-electron chi connectivity index (χ3n) is 3.60. The Labute approximate surface area is 130 Å². The van der Waals surface area contributed by atoms with Crippen LogP contribution in [-0.4, -0.2) is 25.2 Å². The van der Waals surface area contributed by atoms with E-state index in [1.54, 1.807) is 0 Å². The molecule has 2 atom stereocenters. The summed E-state index contributed by atoms with van der Waals surface area (Å²) in [6, 6.07) is 1.49. The SMILES string of the molecule is CC1CCNC1CC[N-]C1CCC1.[K+]. The summed E-state index contributed by atoms with van der Waals surface area (Å²) in [5.41, 5.74) is 0. The number of rotatable bonds is 4. The zero-order valence-electron chi connectivity index (χ0n) is 9.63. The Morgan fingerprint density at radius 2 is 2.07 bits per heavy atom. The third kappa shape index (κ3) is 3.85. The summed E-state index contributed by atoms with van der Waals surface area (Å²) in [6.07, 6.45) is 6.74. The first-order valence-electron chi connectivity index (χ1n) is 5.76. The molecule has 2 aliphatic rings. The molecule has 3 heteroatoms. The maximum atomic E-state index is 4.69. The number of hydrogen-bond donors (Lipinski definition) is 1. The van der Waals surface area contributed by atoms with Gasteiger partial charge in [0.25, 0.3) is 0 Å². The second kappa shape index (κ2) is 6.99. The molecule has 2 fully saturated rings. The molecule has 1 saturated heterocycles. The third-order valence-corrected chi connectivity index (χ3v) is 3.60. The Hall–Kier alpha value is 1.56. The molecule has 1 saturated carbocycles. The van der Waals surface area contributed by atoms with Crippen molar-refractivity contribution < 1.29 is 51.4 Å². The first-order valence-corrected chi connectivity index (χ1v) is 5.76. The molecule has 1 heterocycles. The summed E-state index contributed by atoms with van der Waals surface area (Å²) in [4.78, 5) is 0. The Bertz CT molecular complexity index is 159. The van der Waals surface area contributed by atoms with E-state index in [4.69, 9.17) is 0 Å². The summed E-state index contributed by atoms with van der Waals surface area (Å²) in [7, 11) is 0. The van der Waals surface area contributed by atoms with E-state index < -0.39 is 0 Å². The molecule has 76 valence electrons. The monoisotopic (exact) mass is 220 g/mol. The fourth-order valence-electron chi connectivity index (χ4n) is 2.25. The number of hydrogen-bond acceptors (Lipinski definition) is 1. The van der Waals surface area contributed by atoms with Gasteiger partial charge < -0.3 is 10.6 Å². The van der Waals surface area contributed by atoms with Gasteiger partial charge in [-0.25, -0.2) is 0 Å². The van der Waals surface area contributed by atoms with Crippen LogP contribution >= 0.6 is 0 Å². The van der Waals surface area contributed by atoms with Gasteiger partial charge in [0.1, 0.15) is 0 Å². The van der Waals surface area contributed by atoms with E-state index in [-0.39, 0.29) is 51.4 Å². The smallest absolute Gasteiger partial charge is 0.659 e. The van der Waals surface area contributed by atoms with Gasteiger partial charge in [-0.15, -0.1) is 12.6 Å². The maximum absolute atomic E-state index is 4.69. The standard InChI is InChI=1S/C11H21N2.K/c1-9-5-7-13-11(9)6-8-12-10-3-2-4-10;/h9-11,13H,2-8H2,1H3;/q-1;+1. The van der Waals surface area contributed by atoms with Crippen molar-refractivity contribution in [3.8, 4) is 0 Å². The predicted octanol–water partition coefficient (Wildman–Crippen LogP) is -0.695. The van der Waals surface area contributed by atoms with Gasteiger partial charge >= 0.3 is 51.4 Å². The van der Waals surface area contributed by atoms with Gasteiger partial charge in [0.2, 0.25) is 0 Å². The van der Waals surface area contributed by atoms with E-state index in [0.717, 1.165) is 24.5 Å². The van der Waals surface area contributed by atoms with Crippen LogP contribution in [0.2, 0.25) is 0 Å². The molecule has 0 spiro atoms. The van der Waals surface area contributed by atoms with Gasteiger partial charge in [0.15, 0.2) is 0 Å². The largest absolute Gasteiger partial charge is 1.00 e. The van der Waals surface area contributed by atoms with Crippen LogP contribution in [-0.2, 0) is 0 Å². The fraction of sp³-hybridized carbons (Fsp3) is 1.00. The molecule has 2 unspecified atom stereocenters. The van der Waals surface area contributed by atoms with Crippen molar-refractivity contribution in [1.82, 2.24) is 5.32 Å². The first-order chi connectivity index (χ1) is 6.36. The predicted molar refractivity (Wildman–Crippen MR) is 56.1 cm³/mol. The van der Waals surface area contributed by atoms with Crippen molar-refractivity contribution in [2.24, 2.45) is 5.92 Å². The first kappa shape index (κ1) is 13.6. The molecule has 0 aromatic carbocycles. The number of nitrogens with one attached hydrogen (secondary N) is 1. The second-order valence-corrected chi connectivity index (χ2v) is 4.61. The summed E-state index contributed by atoms with van der Waals surface area (Å²) in [5.74, 6) is 0.872. The number of nitrogens with zero attached hydrogens (tertiary/aromatic N) is 1. The molecule has 2 rings (SSSR count). The summed E-state index contributed by atoms with van der Waals surface area (Å²) >= 11 is 0. The van der Waals surface area contributed by atoms with Crippen molar-refractivity contribution in [3.05, 3.63) is 5.32 Å². The van der Waals surface area contributed by atoms with E-state index >= 15 is 0 Å². The van der Waals surface area contributed by atoms with E-state index in [1.807, 2.05) is 0 Å². The minimum Gasteiger partial charge on any atom is -0.659 e. The minimum atomic E-state index is 0. The fourth-order valence-corrected chi connectivity index (χ4v) is 2.25. The summed E-state index contributed by atoms with van der Waals surface area (Å²) < 4.78 is 0. The summed E-state index contributed by atoms with van der Waals surface area (Å²) in [6.45, 7) is 4.66. The van der Waals surface area contributed by atoms with Crippen molar-refractivity contribution in [3.63, 3.8) is 0 Å². The van der Waals surface area contributed by atoms with Gasteiger partial charge in [-0.3, -0.25) is 0 Å². The second-order valence-electron chi connectivity index (χ2n) is 4.61. The average Bonchev–Trinajstić information content (AvgIpc) is 2.42. The minimum absolute atomic E-state index is 0. The van der Waals surface area contributed by atoms with E-state index in [1.165, 1.54) is 38.6 Å². The van der Waals surface area contributed by atoms with Gasteiger partial charge in [-0.05, 0) is 18.9 Å². The van der Waals surface area contributed by atoms with Crippen LogP contribution in [0.15, 0.2) is 0 Å². The maximum Gasteiger partial charge on any atom is 1.00 e. The van der Waals surface area contributed by atoms with Gasteiger partial charge in [-0.1, -0.05) is 32.6 Å². The molecular weight excluding hydrogens is 199 g/mol. The van der Waals surface area contributed by atoms with Crippen LogP contribution in [0.3, 0.4) is 0 Å². The Morgan fingerprint density at radius 1 is 1.29 bits per heavy atom. The topological polar surface area (TPSA) is 26.1 Å². The molecule has 2 nitrogen and oxygen atoms in total. The molecule has 1 N–H and O–H groups in total. The zero-order chi connectivity index (χ0) is 9.10. The molecule has 0 aromatic heterocycles. The Balaban J connectivity index is 0.000000980. The Kier molecular flexibility index (Phi) is 6.81. The molecule has 14 heavy (non-hydrogen) atoms. The average molecular weight is 220 g/mol. The molecule has 0 aromatic rings. The van der Waals surface area contributed by atoms with E-state index in [9.17, 15) is 0 Å². The molecule has 1 aliphatic carbocycles. The van der Waals surface area contributed by atoms with Crippen molar-refractivity contribution in [2.75, 3.05) is 13.1 Å².